The smallest absolute Gasteiger partial charge is 0.304 e. The molecule has 0 aliphatic rings. The number of carboxylic acids is 1. The van der Waals surface area contributed by atoms with Crippen LogP contribution in [0, 0.1) is 0 Å². The lowest BCUT2D eigenvalue weighted by molar-refractivity contribution is -0.137. The molecule has 5 nitrogen and oxygen atoms in total. The fraction of sp³-hybridized carbons (Fsp3) is 0.304. The zero-order valence-electron chi connectivity index (χ0n) is 16.4. The Balaban J connectivity index is 1.75. The van der Waals surface area contributed by atoms with Gasteiger partial charge in [0.05, 0.1) is 17.6 Å². The lowest BCUT2D eigenvalue weighted by atomic mass is 9.96. The largest absolute Gasteiger partial charge is 0.489 e. The summed E-state index contributed by atoms with van der Waals surface area (Å²) >= 11 is 0. The van der Waals surface area contributed by atoms with Crippen LogP contribution in [-0.2, 0) is 24.9 Å². The molecule has 0 bridgehead atoms. The van der Waals surface area contributed by atoms with E-state index >= 15 is 0 Å². The monoisotopic (exact) mass is 378 g/mol. The highest BCUT2D eigenvalue weighted by atomic mass is 16.5. The maximum Gasteiger partial charge on any atom is 0.304 e. The van der Waals surface area contributed by atoms with Gasteiger partial charge in [-0.25, -0.2) is 0 Å². The molecule has 1 aromatic heterocycles. The minimum atomic E-state index is -0.836. The molecule has 5 heteroatoms. The van der Waals surface area contributed by atoms with Crippen molar-refractivity contribution in [2.24, 2.45) is 7.05 Å². The Kier molecular flexibility index (Phi) is 6.14. The normalized spacial score (nSPS) is 12.1. The highest BCUT2D eigenvalue weighted by Gasteiger charge is 2.13. The number of hydrogen-bond donors (Lipinski definition) is 1. The second-order valence-electron chi connectivity index (χ2n) is 6.93. The molecular weight excluding hydrogens is 352 g/mol. The summed E-state index contributed by atoms with van der Waals surface area (Å²) in [5.41, 5.74) is 4.24. The van der Waals surface area contributed by atoms with Gasteiger partial charge >= 0.3 is 5.97 Å². The third-order valence-corrected chi connectivity index (χ3v) is 4.89. The minimum Gasteiger partial charge on any atom is -0.489 e. The van der Waals surface area contributed by atoms with Crippen LogP contribution in [0.15, 0.2) is 55.1 Å². The van der Waals surface area contributed by atoms with Crippen molar-refractivity contribution in [3.63, 3.8) is 0 Å². The van der Waals surface area contributed by atoms with E-state index in [-0.39, 0.29) is 12.3 Å². The van der Waals surface area contributed by atoms with E-state index in [0.29, 0.717) is 6.61 Å². The number of ether oxygens (including phenoxy) is 1. The van der Waals surface area contributed by atoms with E-state index < -0.39 is 5.97 Å². The van der Waals surface area contributed by atoms with E-state index in [1.54, 1.807) is 6.08 Å². The van der Waals surface area contributed by atoms with Crippen LogP contribution < -0.4 is 4.74 Å². The molecule has 0 fully saturated rings. The first-order valence-corrected chi connectivity index (χ1v) is 9.54. The maximum absolute atomic E-state index is 11.0. The quantitative estimate of drug-likeness (QED) is 0.541. The average Bonchev–Trinajstić information content (AvgIpc) is 3.01. The number of rotatable bonds is 9. The van der Waals surface area contributed by atoms with Gasteiger partial charge in [0, 0.05) is 23.9 Å². The van der Waals surface area contributed by atoms with Gasteiger partial charge < -0.3 is 9.84 Å². The maximum atomic E-state index is 11.0. The molecule has 0 saturated heterocycles. The first kappa shape index (κ1) is 19.7. The molecule has 0 aliphatic carbocycles. The first-order valence-electron chi connectivity index (χ1n) is 9.54. The standard InChI is InChI=1S/C23H26N2O3/c1-4-7-21-20-9-6-8-18(23(20)25(3)24-21)15-28-19-12-10-17(11-13-19)16(5-2)14-22(26)27/h5-6,8-13,16H,2,4,7,14-15H2,1,3H3,(H,26,27)/t16-/m0/s1. The Bertz CT molecular complexity index is 973. The van der Waals surface area contributed by atoms with Gasteiger partial charge in [0.15, 0.2) is 0 Å². The van der Waals surface area contributed by atoms with Crippen LogP contribution in [0.3, 0.4) is 0 Å². The minimum absolute atomic E-state index is 0.0340. The fourth-order valence-corrected chi connectivity index (χ4v) is 3.53. The molecule has 1 atom stereocenters. The number of carboxylic acid groups (broad SMARTS) is 1. The van der Waals surface area contributed by atoms with Crippen LogP contribution in [0.4, 0.5) is 0 Å². The number of fused-ring (bicyclic) bond motifs is 1. The third kappa shape index (κ3) is 4.25. The number of para-hydroxylation sites is 1. The number of nitrogens with zero attached hydrogens (tertiary/aromatic N) is 2. The van der Waals surface area contributed by atoms with Crippen molar-refractivity contribution in [1.29, 1.82) is 0 Å². The third-order valence-electron chi connectivity index (χ3n) is 4.89. The van der Waals surface area contributed by atoms with E-state index in [9.17, 15) is 4.79 Å². The van der Waals surface area contributed by atoms with Gasteiger partial charge in [-0.1, -0.05) is 49.8 Å². The summed E-state index contributed by atoms with van der Waals surface area (Å²) in [4.78, 5) is 11.0. The van der Waals surface area contributed by atoms with Crippen molar-refractivity contribution in [2.75, 3.05) is 0 Å². The molecular formula is C23H26N2O3. The van der Waals surface area contributed by atoms with E-state index in [1.165, 1.54) is 5.39 Å². The van der Waals surface area contributed by atoms with E-state index in [4.69, 9.17) is 9.84 Å². The highest BCUT2D eigenvalue weighted by molar-refractivity contribution is 5.85. The van der Waals surface area contributed by atoms with Gasteiger partial charge in [0.25, 0.3) is 0 Å². The van der Waals surface area contributed by atoms with Crippen molar-refractivity contribution in [1.82, 2.24) is 9.78 Å². The molecule has 3 rings (SSSR count). The summed E-state index contributed by atoms with van der Waals surface area (Å²) in [5, 5.41) is 14.9. The van der Waals surface area contributed by atoms with Gasteiger partial charge in [-0.15, -0.1) is 6.58 Å². The van der Waals surface area contributed by atoms with Crippen molar-refractivity contribution < 1.29 is 14.6 Å². The van der Waals surface area contributed by atoms with Crippen LogP contribution >= 0.6 is 0 Å². The van der Waals surface area contributed by atoms with Gasteiger partial charge in [-0.3, -0.25) is 9.48 Å². The molecule has 0 spiro atoms. The molecule has 1 heterocycles. The van der Waals surface area contributed by atoms with Crippen molar-refractivity contribution in [3.05, 3.63) is 71.9 Å². The Morgan fingerprint density at radius 1 is 1.29 bits per heavy atom. The summed E-state index contributed by atoms with van der Waals surface area (Å²) in [7, 11) is 1.97. The molecule has 0 radical (unpaired) electrons. The zero-order valence-corrected chi connectivity index (χ0v) is 16.4. The number of carbonyl (C=O) groups is 1. The number of aryl methyl sites for hydroxylation is 2. The van der Waals surface area contributed by atoms with Crippen LogP contribution in [0.25, 0.3) is 10.9 Å². The zero-order chi connectivity index (χ0) is 20.1. The summed E-state index contributed by atoms with van der Waals surface area (Å²) in [6.07, 6.45) is 3.73. The van der Waals surface area contributed by atoms with Crippen molar-refractivity contribution in [3.8, 4) is 5.75 Å². The van der Waals surface area contributed by atoms with Crippen molar-refractivity contribution >= 4 is 16.9 Å². The topological polar surface area (TPSA) is 64.3 Å². The predicted molar refractivity (Wildman–Crippen MR) is 111 cm³/mol. The Labute approximate surface area is 165 Å². The number of hydrogen-bond acceptors (Lipinski definition) is 3. The summed E-state index contributed by atoms with van der Waals surface area (Å²) < 4.78 is 7.92. The van der Waals surface area contributed by atoms with Crippen LogP contribution in [0.1, 0.15) is 42.5 Å². The second kappa shape index (κ2) is 8.74. The van der Waals surface area contributed by atoms with E-state index in [2.05, 4.69) is 30.7 Å². The predicted octanol–water partition coefficient (Wildman–Crippen LogP) is 4.85. The molecule has 28 heavy (non-hydrogen) atoms. The Morgan fingerprint density at radius 3 is 2.68 bits per heavy atom. The second-order valence-corrected chi connectivity index (χ2v) is 6.93. The van der Waals surface area contributed by atoms with E-state index in [1.807, 2.05) is 42.1 Å². The van der Waals surface area contributed by atoms with Gasteiger partial charge in [-0.2, -0.15) is 5.10 Å². The Morgan fingerprint density at radius 2 is 2.04 bits per heavy atom. The van der Waals surface area contributed by atoms with Gasteiger partial charge in [-0.05, 0) is 24.1 Å². The average molecular weight is 378 g/mol. The van der Waals surface area contributed by atoms with Crippen LogP contribution in [0.5, 0.6) is 5.75 Å². The molecule has 1 N–H and O–H groups in total. The summed E-state index contributed by atoms with van der Waals surface area (Å²) in [5.74, 6) is -0.293. The van der Waals surface area contributed by atoms with Crippen LogP contribution in [-0.4, -0.2) is 20.9 Å². The molecule has 0 unspecified atom stereocenters. The van der Waals surface area contributed by atoms with E-state index in [0.717, 1.165) is 40.9 Å². The molecule has 146 valence electrons. The number of aliphatic carboxylic acids is 1. The lowest BCUT2D eigenvalue weighted by Gasteiger charge is -2.12. The number of aromatic nitrogens is 2. The molecule has 3 aromatic rings. The highest BCUT2D eigenvalue weighted by Crippen LogP contribution is 2.26. The lowest BCUT2D eigenvalue weighted by Crippen LogP contribution is -2.04. The molecule has 0 aliphatic heterocycles. The number of benzene rings is 2. The van der Waals surface area contributed by atoms with Gasteiger partial charge in [0.1, 0.15) is 12.4 Å². The summed E-state index contributed by atoms with van der Waals surface area (Å²) in [6.45, 7) is 6.34. The SMILES string of the molecule is C=C[C@@H](CC(=O)O)c1ccc(OCc2cccc3c(CCC)nn(C)c23)cc1. The summed E-state index contributed by atoms with van der Waals surface area (Å²) in [6, 6.07) is 13.8. The van der Waals surface area contributed by atoms with Crippen LogP contribution in [0.2, 0.25) is 0 Å². The Hall–Kier alpha value is -3.08. The first-order chi connectivity index (χ1) is 13.5. The fourth-order valence-electron chi connectivity index (χ4n) is 3.53. The number of allylic oxidation sites excluding steroid dienone is 1. The van der Waals surface area contributed by atoms with Gasteiger partial charge in [0.2, 0.25) is 0 Å². The van der Waals surface area contributed by atoms with Crippen molar-refractivity contribution in [2.45, 2.75) is 38.7 Å². The molecule has 2 aromatic carbocycles. The molecule has 0 amide bonds. The molecule has 0 saturated carbocycles.